The minimum atomic E-state index is 0.373. The molecular formula is C16H25N3O. The van der Waals surface area contributed by atoms with Crippen LogP contribution in [0.5, 0.6) is 5.75 Å². The lowest BCUT2D eigenvalue weighted by Crippen LogP contribution is -2.32. The summed E-state index contributed by atoms with van der Waals surface area (Å²) in [6, 6.07) is 8.28. The van der Waals surface area contributed by atoms with Gasteiger partial charge in [-0.2, -0.15) is 0 Å². The Labute approximate surface area is 121 Å². The Morgan fingerprint density at radius 2 is 1.95 bits per heavy atom. The molecule has 1 aromatic rings. The highest BCUT2D eigenvalue weighted by Gasteiger charge is 2.14. The molecule has 4 nitrogen and oxygen atoms in total. The second-order valence-corrected chi connectivity index (χ2v) is 5.20. The van der Waals surface area contributed by atoms with Crippen LogP contribution >= 0.6 is 0 Å². The first-order valence-corrected chi connectivity index (χ1v) is 7.61. The average Bonchev–Trinajstić information content (AvgIpc) is 2.74. The van der Waals surface area contributed by atoms with Gasteiger partial charge < -0.3 is 10.2 Å². The Morgan fingerprint density at radius 1 is 1.25 bits per heavy atom. The van der Waals surface area contributed by atoms with Gasteiger partial charge in [-0.25, -0.2) is 5.84 Å². The first kappa shape index (κ1) is 14.9. The lowest BCUT2D eigenvalue weighted by atomic mass is 10.1. The van der Waals surface area contributed by atoms with Crippen LogP contribution in [0.3, 0.4) is 0 Å². The monoisotopic (exact) mass is 275 g/mol. The number of amidine groups is 1. The van der Waals surface area contributed by atoms with E-state index in [2.05, 4.69) is 5.43 Å². The third-order valence-electron chi connectivity index (χ3n) is 3.72. The lowest BCUT2D eigenvalue weighted by Gasteiger charge is -2.15. The van der Waals surface area contributed by atoms with Gasteiger partial charge in [0.1, 0.15) is 11.6 Å². The minimum Gasteiger partial charge on any atom is -0.493 e. The maximum absolute atomic E-state index is 5.69. The molecule has 1 aliphatic rings. The van der Waals surface area contributed by atoms with Crippen molar-refractivity contribution in [2.75, 3.05) is 6.61 Å². The van der Waals surface area contributed by atoms with Crippen molar-refractivity contribution in [3.05, 3.63) is 29.8 Å². The van der Waals surface area contributed by atoms with Crippen LogP contribution in [0.15, 0.2) is 29.3 Å². The topological polar surface area (TPSA) is 59.6 Å². The number of aliphatic imine (C=N–C) groups is 1. The third-order valence-corrected chi connectivity index (χ3v) is 3.72. The van der Waals surface area contributed by atoms with Crippen LogP contribution in [0.2, 0.25) is 0 Å². The Kier molecular flexibility index (Phi) is 5.87. The number of rotatable bonds is 4. The van der Waals surface area contributed by atoms with Crippen molar-refractivity contribution >= 4 is 5.84 Å². The van der Waals surface area contributed by atoms with Crippen molar-refractivity contribution in [2.45, 2.75) is 51.5 Å². The summed E-state index contributed by atoms with van der Waals surface area (Å²) in [6.45, 7) is 2.62. The van der Waals surface area contributed by atoms with Crippen LogP contribution in [-0.4, -0.2) is 18.5 Å². The largest absolute Gasteiger partial charge is 0.493 e. The number of ether oxygens (including phenoxy) is 1. The van der Waals surface area contributed by atoms with Crippen molar-refractivity contribution in [3.8, 4) is 5.75 Å². The van der Waals surface area contributed by atoms with E-state index >= 15 is 0 Å². The van der Waals surface area contributed by atoms with E-state index in [1.807, 2.05) is 31.2 Å². The summed E-state index contributed by atoms with van der Waals surface area (Å²) >= 11 is 0. The molecule has 0 heterocycles. The van der Waals surface area contributed by atoms with Gasteiger partial charge in [0.05, 0.1) is 18.2 Å². The molecule has 0 spiro atoms. The van der Waals surface area contributed by atoms with Crippen molar-refractivity contribution in [1.29, 1.82) is 0 Å². The molecule has 0 amide bonds. The normalized spacial score (nSPS) is 17.6. The van der Waals surface area contributed by atoms with Crippen LogP contribution < -0.4 is 16.0 Å². The third kappa shape index (κ3) is 3.97. The minimum absolute atomic E-state index is 0.373. The Morgan fingerprint density at radius 3 is 2.60 bits per heavy atom. The zero-order valence-electron chi connectivity index (χ0n) is 12.3. The Bertz CT molecular complexity index is 437. The summed E-state index contributed by atoms with van der Waals surface area (Å²) in [5.74, 6) is 7.26. The summed E-state index contributed by atoms with van der Waals surface area (Å²) < 4.78 is 5.66. The van der Waals surface area contributed by atoms with Crippen LogP contribution in [0.4, 0.5) is 0 Å². The molecule has 0 aromatic heterocycles. The highest BCUT2D eigenvalue weighted by molar-refractivity contribution is 6.00. The number of hydrazine groups is 1. The maximum atomic E-state index is 5.69. The van der Waals surface area contributed by atoms with Gasteiger partial charge in [0, 0.05) is 0 Å². The van der Waals surface area contributed by atoms with E-state index in [1.54, 1.807) is 0 Å². The van der Waals surface area contributed by atoms with E-state index in [0.717, 1.165) is 30.0 Å². The maximum Gasteiger partial charge on any atom is 0.146 e. The van der Waals surface area contributed by atoms with E-state index in [9.17, 15) is 0 Å². The summed E-state index contributed by atoms with van der Waals surface area (Å²) in [7, 11) is 0. The van der Waals surface area contributed by atoms with Crippen LogP contribution in [0.25, 0.3) is 0 Å². The number of para-hydroxylation sites is 1. The molecular weight excluding hydrogens is 250 g/mol. The van der Waals surface area contributed by atoms with Gasteiger partial charge in [-0.15, -0.1) is 0 Å². The molecule has 0 saturated heterocycles. The van der Waals surface area contributed by atoms with Crippen LogP contribution in [0, 0.1) is 0 Å². The molecule has 0 bridgehead atoms. The number of hydrogen-bond acceptors (Lipinski definition) is 3. The zero-order chi connectivity index (χ0) is 14.2. The zero-order valence-corrected chi connectivity index (χ0v) is 12.3. The molecule has 20 heavy (non-hydrogen) atoms. The van der Waals surface area contributed by atoms with Crippen LogP contribution in [0.1, 0.15) is 51.0 Å². The molecule has 1 aromatic carbocycles. The van der Waals surface area contributed by atoms with Crippen molar-refractivity contribution in [2.24, 2.45) is 10.8 Å². The second-order valence-electron chi connectivity index (χ2n) is 5.20. The van der Waals surface area contributed by atoms with Gasteiger partial charge in [0.15, 0.2) is 0 Å². The molecule has 1 saturated carbocycles. The molecule has 0 aliphatic heterocycles. The standard InChI is InChI=1S/C16H25N3O/c1-2-20-15-12-8-7-11-14(15)16(19-17)18-13-9-5-3-4-6-10-13/h7-8,11-13H,2-6,9-10,17H2,1H3,(H,18,19). The van der Waals surface area contributed by atoms with E-state index < -0.39 is 0 Å². The fourth-order valence-electron chi connectivity index (χ4n) is 2.70. The van der Waals surface area contributed by atoms with Gasteiger partial charge >= 0.3 is 0 Å². The van der Waals surface area contributed by atoms with E-state index in [1.165, 1.54) is 25.7 Å². The fourth-order valence-corrected chi connectivity index (χ4v) is 2.70. The lowest BCUT2D eigenvalue weighted by molar-refractivity contribution is 0.339. The molecule has 0 unspecified atom stereocenters. The van der Waals surface area contributed by atoms with E-state index in [0.29, 0.717) is 12.6 Å². The van der Waals surface area contributed by atoms with E-state index in [4.69, 9.17) is 15.6 Å². The SMILES string of the molecule is CCOc1ccccc1C(=NC1CCCCCC1)NN. The summed E-state index contributed by atoms with van der Waals surface area (Å²) in [5, 5.41) is 0. The number of benzene rings is 1. The molecule has 110 valence electrons. The van der Waals surface area contributed by atoms with Crippen molar-refractivity contribution in [1.82, 2.24) is 5.43 Å². The molecule has 0 radical (unpaired) electrons. The Hall–Kier alpha value is -1.55. The highest BCUT2D eigenvalue weighted by atomic mass is 16.5. The fraction of sp³-hybridized carbons (Fsp3) is 0.562. The number of nitrogens with one attached hydrogen (secondary N) is 1. The Balaban J connectivity index is 2.22. The van der Waals surface area contributed by atoms with E-state index in [-0.39, 0.29) is 0 Å². The molecule has 2 rings (SSSR count). The molecule has 1 aliphatic carbocycles. The first-order chi connectivity index (χ1) is 9.85. The summed E-state index contributed by atoms with van der Waals surface area (Å²) in [6.07, 6.45) is 7.49. The number of nitrogens with two attached hydrogens (primary N) is 1. The smallest absolute Gasteiger partial charge is 0.146 e. The van der Waals surface area contributed by atoms with Crippen molar-refractivity contribution in [3.63, 3.8) is 0 Å². The summed E-state index contributed by atoms with van der Waals surface area (Å²) in [5.41, 5.74) is 3.70. The van der Waals surface area contributed by atoms with Gasteiger partial charge in [-0.3, -0.25) is 4.99 Å². The van der Waals surface area contributed by atoms with Gasteiger partial charge in [-0.1, -0.05) is 37.8 Å². The molecule has 0 atom stereocenters. The van der Waals surface area contributed by atoms with Gasteiger partial charge in [-0.05, 0) is 31.9 Å². The quantitative estimate of drug-likeness (QED) is 0.292. The second kappa shape index (κ2) is 7.90. The van der Waals surface area contributed by atoms with Gasteiger partial charge in [0.25, 0.3) is 0 Å². The summed E-state index contributed by atoms with van der Waals surface area (Å²) in [4.78, 5) is 4.83. The predicted octanol–water partition coefficient (Wildman–Crippen LogP) is 3.02. The molecule has 3 N–H and O–H groups in total. The molecule has 1 fully saturated rings. The first-order valence-electron chi connectivity index (χ1n) is 7.61. The average molecular weight is 275 g/mol. The highest BCUT2D eigenvalue weighted by Crippen LogP contribution is 2.22. The molecule has 4 heteroatoms. The van der Waals surface area contributed by atoms with Crippen molar-refractivity contribution < 1.29 is 4.74 Å². The predicted molar refractivity (Wildman–Crippen MR) is 83.0 cm³/mol. The number of hydrogen-bond donors (Lipinski definition) is 2. The number of nitrogens with zero attached hydrogens (tertiary/aromatic N) is 1. The van der Waals surface area contributed by atoms with Crippen LogP contribution in [-0.2, 0) is 0 Å². The van der Waals surface area contributed by atoms with Gasteiger partial charge in [0.2, 0.25) is 0 Å².